The topological polar surface area (TPSA) is 51.2 Å². The van der Waals surface area contributed by atoms with Gasteiger partial charge in [0.05, 0.1) is 6.61 Å². The number of thiophene rings is 1. The molecule has 0 saturated heterocycles. The van der Waals surface area contributed by atoms with Gasteiger partial charge in [0.1, 0.15) is 16.4 Å². The molecule has 2 aromatic heterocycles. The van der Waals surface area contributed by atoms with E-state index in [-0.39, 0.29) is 5.91 Å². The summed E-state index contributed by atoms with van der Waals surface area (Å²) < 4.78 is 5.65. The van der Waals surface area contributed by atoms with E-state index in [2.05, 4.69) is 10.3 Å². The van der Waals surface area contributed by atoms with E-state index >= 15 is 0 Å². The first kappa shape index (κ1) is 16.2. The van der Waals surface area contributed by atoms with Crippen LogP contribution >= 0.6 is 11.3 Å². The van der Waals surface area contributed by atoms with E-state index in [1.807, 2.05) is 62.4 Å². The quantitative estimate of drug-likeness (QED) is 0.729. The summed E-state index contributed by atoms with van der Waals surface area (Å²) in [5.41, 5.74) is 2.11. The van der Waals surface area contributed by atoms with Crippen LogP contribution < -0.4 is 10.1 Å². The third kappa shape index (κ3) is 3.63. The number of carbonyl (C=O) groups is 1. The number of anilines is 1. The van der Waals surface area contributed by atoms with Crippen molar-refractivity contribution in [1.29, 1.82) is 0 Å². The highest BCUT2D eigenvalue weighted by atomic mass is 32.1. The van der Waals surface area contributed by atoms with Crippen LogP contribution in [0.4, 0.5) is 5.82 Å². The van der Waals surface area contributed by atoms with Crippen LogP contribution in [0.5, 0.6) is 5.75 Å². The van der Waals surface area contributed by atoms with E-state index in [9.17, 15) is 4.79 Å². The van der Waals surface area contributed by atoms with E-state index in [0.29, 0.717) is 23.1 Å². The fourth-order valence-electron chi connectivity index (χ4n) is 2.32. The molecule has 3 rings (SSSR count). The molecule has 0 aliphatic rings. The molecule has 0 unspecified atom stereocenters. The summed E-state index contributed by atoms with van der Waals surface area (Å²) in [5.74, 6) is 0.937. The average Bonchev–Trinajstić information content (AvgIpc) is 3.00. The number of rotatable bonds is 5. The molecular formula is C19H18N2O2S. The van der Waals surface area contributed by atoms with Gasteiger partial charge in [-0.2, -0.15) is 0 Å². The standard InChI is InChI=1S/C19H18N2O2S/c1-3-23-15-12-16(14-7-5-4-6-8-14)24-18(15)19(22)21-17-11-13(2)9-10-20-17/h4-12H,3H2,1-2H3,(H,20,21,22). The summed E-state index contributed by atoms with van der Waals surface area (Å²) in [4.78, 5) is 18.4. The minimum absolute atomic E-state index is 0.205. The predicted molar refractivity (Wildman–Crippen MR) is 97.9 cm³/mol. The van der Waals surface area contributed by atoms with Crippen molar-refractivity contribution in [3.8, 4) is 16.2 Å². The number of nitrogens with one attached hydrogen (secondary N) is 1. The molecule has 2 heterocycles. The molecule has 4 nitrogen and oxygen atoms in total. The summed E-state index contributed by atoms with van der Waals surface area (Å²) in [5, 5.41) is 2.84. The number of aromatic nitrogens is 1. The van der Waals surface area contributed by atoms with E-state index < -0.39 is 0 Å². The zero-order valence-corrected chi connectivity index (χ0v) is 14.4. The second kappa shape index (κ2) is 7.27. The number of aryl methyl sites for hydroxylation is 1. The van der Waals surface area contributed by atoms with Crippen LogP contribution in [0.2, 0.25) is 0 Å². The van der Waals surface area contributed by atoms with Gasteiger partial charge in [0.15, 0.2) is 0 Å². The van der Waals surface area contributed by atoms with Gasteiger partial charge in [-0.3, -0.25) is 4.79 Å². The highest BCUT2D eigenvalue weighted by Gasteiger charge is 2.19. The van der Waals surface area contributed by atoms with E-state index in [0.717, 1.165) is 16.0 Å². The molecule has 0 bridgehead atoms. The third-order valence-corrected chi connectivity index (χ3v) is 4.58. The normalized spacial score (nSPS) is 10.4. The Bertz CT molecular complexity index is 844. The Balaban J connectivity index is 1.91. The monoisotopic (exact) mass is 338 g/mol. The maximum absolute atomic E-state index is 12.6. The van der Waals surface area contributed by atoms with Crippen LogP contribution in [-0.4, -0.2) is 17.5 Å². The number of carbonyl (C=O) groups excluding carboxylic acids is 1. The van der Waals surface area contributed by atoms with Crippen LogP contribution in [0.1, 0.15) is 22.2 Å². The summed E-state index contributed by atoms with van der Waals surface area (Å²) in [7, 11) is 0. The number of ether oxygens (including phenoxy) is 1. The van der Waals surface area contributed by atoms with Crippen molar-refractivity contribution in [2.24, 2.45) is 0 Å². The average molecular weight is 338 g/mol. The molecule has 24 heavy (non-hydrogen) atoms. The van der Waals surface area contributed by atoms with Crippen LogP contribution in [-0.2, 0) is 0 Å². The second-order valence-corrected chi connectivity index (χ2v) is 6.33. The molecule has 0 radical (unpaired) electrons. The molecule has 0 atom stereocenters. The van der Waals surface area contributed by atoms with Crippen molar-refractivity contribution >= 4 is 23.1 Å². The van der Waals surface area contributed by atoms with Crippen molar-refractivity contribution in [2.45, 2.75) is 13.8 Å². The molecule has 122 valence electrons. The van der Waals surface area contributed by atoms with Crippen molar-refractivity contribution in [3.05, 3.63) is 65.2 Å². The van der Waals surface area contributed by atoms with Crippen molar-refractivity contribution in [3.63, 3.8) is 0 Å². The number of benzene rings is 1. The summed E-state index contributed by atoms with van der Waals surface area (Å²) >= 11 is 1.42. The largest absolute Gasteiger partial charge is 0.492 e. The fraction of sp³-hybridized carbons (Fsp3) is 0.158. The number of hydrogen-bond donors (Lipinski definition) is 1. The molecule has 1 amide bonds. The molecule has 1 N–H and O–H groups in total. The van der Waals surface area contributed by atoms with Gasteiger partial charge in [-0.25, -0.2) is 4.98 Å². The first-order valence-corrected chi connectivity index (χ1v) is 8.55. The lowest BCUT2D eigenvalue weighted by atomic mass is 10.2. The minimum Gasteiger partial charge on any atom is -0.492 e. The summed E-state index contributed by atoms with van der Waals surface area (Å²) in [6.07, 6.45) is 1.68. The van der Waals surface area contributed by atoms with Gasteiger partial charge >= 0.3 is 0 Å². The second-order valence-electron chi connectivity index (χ2n) is 5.28. The molecular weight excluding hydrogens is 320 g/mol. The number of hydrogen-bond acceptors (Lipinski definition) is 4. The van der Waals surface area contributed by atoms with Crippen LogP contribution in [0, 0.1) is 6.92 Å². The lowest BCUT2D eigenvalue weighted by Crippen LogP contribution is -2.12. The van der Waals surface area contributed by atoms with Gasteiger partial charge in [0, 0.05) is 11.1 Å². The van der Waals surface area contributed by atoms with Crippen molar-refractivity contribution < 1.29 is 9.53 Å². The van der Waals surface area contributed by atoms with Crippen molar-refractivity contribution in [2.75, 3.05) is 11.9 Å². The third-order valence-electron chi connectivity index (χ3n) is 3.42. The Labute approximate surface area is 145 Å². The molecule has 0 fully saturated rings. The number of amides is 1. The molecule has 1 aromatic carbocycles. The van der Waals surface area contributed by atoms with E-state index in [4.69, 9.17) is 4.74 Å². The zero-order valence-electron chi connectivity index (χ0n) is 13.6. The first-order valence-electron chi connectivity index (χ1n) is 7.73. The molecule has 3 aromatic rings. The van der Waals surface area contributed by atoms with Crippen LogP contribution in [0.25, 0.3) is 10.4 Å². The smallest absolute Gasteiger partial charge is 0.270 e. The van der Waals surface area contributed by atoms with Gasteiger partial charge in [0.2, 0.25) is 0 Å². The maximum Gasteiger partial charge on any atom is 0.270 e. The van der Waals surface area contributed by atoms with Crippen molar-refractivity contribution in [1.82, 2.24) is 4.98 Å². The molecule has 0 spiro atoms. The van der Waals surface area contributed by atoms with E-state index in [1.54, 1.807) is 6.20 Å². The highest BCUT2D eigenvalue weighted by Crippen LogP contribution is 2.36. The van der Waals surface area contributed by atoms with Gasteiger partial charge in [-0.05, 0) is 43.2 Å². The minimum atomic E-state index is -0.205. The number of nitrogens with zero attached hydrogens (tertiary/aromatic N) is 1. The molecule has 0 aliphatic carbocycles. The van der Waals surface area contributed by atoms with Gasteiger partial charge < -0.3 is 10.1 Å². The summed E-state index contributed by atoms with van der Waals surface area (Å²) in [6, 6.07) is 15.6. The predicted octanol–water partition coefficient (Wildman–Crippen LogP) is 4.77. The zero-order chi connectivity index (χ0) is 16.9. The van der Waals surface area contributed by atoms with Gasteiger partial charge in [-0.1, -0.05) is 30.3 Å². The van der Waals surface area contributed by atoms with Gasteiger partial charge in [-0.15, -0.1) is 11.3 Å². The molecule has 0 aliphatic heterocycles. The maximum atomic E-state index is 12.6. The molecule has 5 heteroatoms. The Kier molecular flexibility index (Phi) is 4.91. The SMILES string of the molecule is CCOc1cc(-c2ccccc2)sc1C(=O)Nc1cc(C)ccn1. The Morgan fingerprint density at radius 1 is 1.21 bits per heavy atom. The lowest BCUT2D eigenvalue weighted by molar-refractivity contribution is 0.102. The highest BCUT2D eigenvalue weighted by molar-refractivity contribution is 7.17. The number of pyridine rings is 1. The summed E-state index contributed by atoms with van der Waals surface area (Å²) in [6.45, 7) is 4.37. The fourth-order valence-corrected chi connectivity index (χ4v) is 3.32. The Morgan fingerprint density at radius 3 is 2.71 bits per heavy atom. The van der Waals surface area contributed by atoms with Crippen LogP contribution in [0.15, 0.2) is 54.7 Å². The lowest BCUT2D eigenvalue weighted by Gasteiger charge is -2.06. The van der Waals surface area contributed by atoms with E-state index in [1.165, 1.54) is 11.3 Å². The van der Waals surface area contributed by atoms with Crippen LogP contribution in [0.3, 0.4) is 0 Å². The molecule has 0 saturated carbocycles. The first-order chi connectivity index (χ1) is 11.7. The Morgan fingerprint density at radius 2 is 2.00 bits per heavy atom. The Hall–Kier alpha value is -2.66. The van der Waals surface area contributed by atoms with Gasteiger partial charge in [0.25, 0.3) is 5.91 Å².